The number of rotatable bonds is 3. The molecule has 1 aromatic carbocycles. The highest BCUT2D eigenvalue weighted by Crippen LogP contribution is 2.23. The average Bonchev–Trinajstić information content (AvgIpc) is 2.87. The third-order valence-corrected chi connectivity index (χ3v) is 4.17. The number of amides is 1. The molecule has 0 saturated carbocycles. The van der Waals surface area contributed by atoms with Crippen molar-refractivity contribution in [3.8, 4) is 0 Å². The number of aryl methyl sites for hydroxylation is 2. The maximum atomic E-state index is 13.0. The topological polar surface area (TPSA) is 55.6 Å². The summed E-state index contributed by atoms with van der Waals surface area (Å²) in [5, 5.41) is 3.88. The van der Waals surface area contributed by atoms with Gasteiger partial charge in [0, 0.05) is 12.1 Å². The Kier molecular flexibility index (Phi) is 4.43. The van der Waals surface area contributed by atoms with Crippen molar-refractivity contribution in [2.45, 2.75) is 26.4 Å². The molecule has 1 aliphatic heterocycles. The van der Waals surface area contributed by atoms with Gasteiger partial charge in [-0.2, -0.15) is 0 Å². The van der Waals surface area contributed by atoms with Crippen molar-refractivity contribution in [1.82, 2.24) is 10.1 Å². The fourth-order valence-corrected chi connectivity index (χ4v) is 2.77. The zero-order chi connectivity index (χ0) is 16.4. The van der Waals surface area contributed by atoms with E-state index in [1.54, 1.807) is 17.0 Å². The summed E-state index contributed by atoms with van der Waals surface area (Å²) in [5.74, 6) is 0.421. The van der Waals surface area contributed by atoms with Crippen LogP contribution in [0.1, 0.15) is 28.7 Å². The van der Waals surface area contributed by atoms with E-state index in [9.17, 15) is 9.18 Å². The summed E-state index contributed by atoms with van der Waals surface area (Å²) in [6.07, 6.45) is 0.0510. The highest BCUT2D eigenvalue weighted by atomic mass is 19.1. The lowest BCUT2D eigenvalue weighted by Gasteiger charge is -2.33. The minimum atomic E-state index is -0.282. The molecule has 6 heteroatoms. The molecule has 0 bridgehead atoms. The minimum Gasteiger partial charge on any atom is -0.370 e. The van der Waals surface area contributed by atoms with Gasteiger partial charge in [0.25, 0.3) is 0 Å². The number of hydrogen-bond donors (Lipinski definition) is 0. The predicted octanol–water partition coefficient (Wildman–Crippen LogP) is 2.57. The van der Waals surface area contributed by atoms with Crippen LogP contribution >= 0.6 is 0 Å². The van der Waals surface area contributed by atoms with Crippen molar-refractivity contribution in [2.24, 2.45) is 0 Å². The molecule has 122 valence electrons. The second-order valence-electron chi connectivity index (χ2n) is 5.73. The van der Waals surface area contributed by atoms with Crippen LogP contribution in [0.3, 0.4) is 0 Å². The summed E-state index contributed by atoms with van der Waals surface area (Å²) in [5.41, 5.74) is 2.47. The van der Waals surface area contributed by atoms with Gasteiger partial charge < -0.3 is 14.2 Å². The average molecular weight is 318 g/mol. The zero-order valence-electron chi connectivity index (χ0n) is 13.2. The molecule has 3 rings (SSSR count). The number of hydrogen-bond acceptors (Lipinski definition) is 4. The van der Waals surface area contributed by atoms with Crippen LogP contribution in [0.2, 0.25) is 0 Å². The van der Waals surface area contributed by atoms with Crippen LogP contribution in [0, 0.1) is 19.7 Å². The van der Waals surface area contributed by atoms with Crippen LogP contribution < -0.4 is 0 Å². The maximum Gasteiger partial charge on any atom is 0.227 e. The van der Waals surface area contributed by atoms with E-state index in [4.69, 9.17) is 9.26 Å². The van der Waals surface area contributed by atoms with E-state index in [1.165, 1.54) is 12.1 Å². The molecule has 5 nitrogen and oxygen atoms in total. The Hall–Kier alpha value is -2.21. The first-order valence-corrected chi connectivity index (χ1v) is 7.61. The van der Waals surface area contributed by atoms with E-state index >= 15 is 0 Å². The Morgan fingerprint density at radius 1 is 1.35 bits per heavy atom. The summed E-state index contributed by atoms with van der Waals surface area (Å²) in [6, 6.07) is 6.21. The van der Waals surface area contributed by atoms with E-state index in [1.807, 2.05) is 13.8 Å². The third-order valence-electron chi connectivity index (χ3n) is 4.17. The van der Waals surface area contributed by atoms with Crippen molar-refractivity contribution >= 4 is 5.91 Å². The van der Waals surface area contributed by atoms with Crippen LogP contribution in [0.5, 0.6) is 0 Å². The molecule has 2 heterocycles. The first-order valence-electron chi connectivity index (χ1n) is 7.61. The van der Waals surface area contributed by atoms with E-state index in [0.29, 0.717) is 25.5 Å². The molecule has 1 fully saturated rings. The molecule has 0 radical (unpaired) electrons. The van der Waals surface area contributed by atoms with Gasteiger partial charge in [0.1, 0.15) is 17.7 Å². The highest BCUT2D eigenvalue weighted by Gasteiger charge is 2.26. The molecule has 2 aromatic rings. The number of nitrogens with zero attached hydrogens (tertiary/aromatic N) is 2. The number of aromatic nitrogens is 1. The largest absolute Gasteiger partial charge is 0.370 e. The lowest BCUT2D eigenvalue weighted by atomic mass is 10.1. The first kappa shape index (κ1) is 15.7. The fourth-order valence-electron chi connectivity index (χ4n) is 2.77. The van der Waals surface area contributed by atoms with Gasteiger partial charge >= 0.3 is 0 Å². The highest BCUT2D eigenvalue weighted by molar-refractivity contribution is 5.79. The van der Waals surface area contributed by atoms with Crippen molar-refractivity contribution in [3.05, 3.63) is 52.7 Å². The number of carbonyl (C=O) groups excluding carboxylic acids is 1. The molecule has 1 saturated heterocycles. The fraction of sp³-hybridized carbons (Fsp3) is 0.412. The number of halogens is 1. The maximum absolute atomic E-state index is 13.0. The van der Waals surface area contributed by atoms with Crippen LogP contribution in [-0.2, 0) is 16.0 Å². The van der Waals surface area contributed by atoms with Crippen LogP contribution in [-0.4, -0.2) is 35.7 Å². The Bertz CT molecular complexity index is 677. The van der Waals surface area contributed by atoms with Crippen LogP contribution in [0.15, 0.2) is 28.8 Å². The molecule has 1 aliphatic rings. The minimum absolute atomic E-state index is 0.0230. The van der Waals surface area contributed by atoms with Crippen molar-refractivity contribution < 1.29 is 18.4 Å². The second kappa shape index (κ2) is 6.50. The van der Waals surface area contributed by atoms with Crippen molar-refractivity contribution in [2.75, 3.05) is 19.7 Å². The van der Waals surface area contributed by atoms with E-state index < -0.39 is 0 Å². The third kappa shape index (κ3) is 3.42. The molecule has 0 N–H and O–H groups in total. The number of morpholine rings is 1. The molecule has 0 spiro atoms. The number of ether oxygens (including phenoxy) is 1. The normalized spacial score (nSPS) is 18.2. The summed E-state index contributed by atoms with van der Waals surface area (Å²) in [7, 11) is 0. The van der Waals surface area contributed by atoms with Gasteiger partial charge in [0.2, 0.25) is 5.91 Å². The summed E-state index contributed by atoms with van der Waals surface area (Å²) in [4.78, 5) is 14.3. The smallest absolute Gasteiger partial charge is 0.227 e. The molecular weight excluding hydrogens is 299 g/mol. The number of benzene rings is 1. The van der Waals surface area contributed by atoms with Gasteiger partial charge in [-0.05, 0) is 31.5 Å². The Morgan fingerprint density at radius 3 is 2.74 bits per heavy atom. The van der Waals surface area contributed by atoms with Gasteiger partial charge in [-0.1, -0.05) is 17.3 Å². The van der Waals surface area contributed by atoms with Crippen molar-refractivity contribution in [1.29, 1.82) is 0 Å². The van der Waals surface area contributed by atoms with Crippen LogP contribution in [0.25, 0.3) is 0 Å². The quantitative estimate of drug-likeness (QED) is 0.873. The summed E-state index contributed by atoms with van der Waals surface area (Å²) < 4.78 is 23.8. The monoisotopic (exact) mass is 318 g/mol. The molecule has 1 amide bonds. The summed E-state index contributed by atoms with van der Waals surface area (Å²) in [6.45, 7) is 5.13. The van der Waals surface area contributed by atoms with Gasteiger partial charge in [-0.25, -0.2) is 4.39 Å². The van der Waals surface area contributed by atoms with Gasteiger partial charge in [0.15, 0.2) is 0 Å². The van der Waals surface area contributed by atoms with E-state index in [0.717, 1.165) is 16.8 Å². The molecule has 0 unspecified atom stereocenters. The van der Waals surface area contributed by atoms with Gasteiger partial charge in [0.05, 0.1) is 25.3 Å². The Labute approximate surface area is 134 Å². The Morgan fingerprint density at radius 2 is 2.09 bits per heavy atom. The Balaban J connectivity index is 1.68. The summed E-state index contributed by atoms with van der Waals surface area (Å²) >= 11 is 0. The van der Waals surface area contributed by atoms with Crippen molar-refractivity contribution in [3.63, 3.8) is 0 Å². The molecular formula is C17H19FN2O3. The lowest BCUT2D eigenvalue weighted by Crippen LogP contribution is -2.43. The lowest BCUT2D eigenvalue weighted by molar-refractivity contribution is -0.138. The molecule has 23 heavy (non-hydrogen) atoms. The molecule has 0 aliphatic carbocycles. The van der Waals surface area contributed by atoms with E-state index in [-0.39, 0.29) is 24.2 Å². The number of carbonyl (C=O) groups is 1. The van der Waals surface area contributed by atoms with Gasteiger partial charge in [-0.15, -0.1) is 0 Å². The standard InChI is InChI=1S/C17H19FN2O3/c1-11-15(12(2)23-19-11)9-17(21)20-7-8-22-16(10-20)13-3-5-14(18)6-4-13/h3-6,16H,7-10H2,1-2H3/t16-/m1/s1. The zero-order valence-corrected chi connectivity index (χ0v) is 13.2. The van der Waals surface area contributed by atoms with E-state index in [2.05, 4.69) is 5.16 Å². The SMILES string of the molecule is Cc1noc(C)c1CC(=O)N1CCO[C@@H](c2ccc(F)cc2)C1. The molecule has 1 aromatic heterocycles. The second-order valence-corrected chi connectivity index (χ2v) is 5.73. The molecule has 1 atom stereocenters. The van der Waals surface area contributed by atoms with Gasteiger partial charge in [-0.3, -0.25) is 4.79 Å². The first-order chi connectivity index (χ1) is 11.0. The predicted molar refractivity (Wildman–Crippen MR) is 81.4 cm³/mol. The van der Waals surface area contributed by atoms with Crippen LogP contribution in [0.4, 0.5) is 4.39 Å².